The normalized spacial score (nSPS) is 11.3. The number of hydrazone groups is 1. The molecule has 0 bridgehead atoms. The zero-order chi connectivity index (χ0) is 29.5. The topological polar surface area (TPSA) is 135 Å². The molecule has 1 heterocycles. The van der Waals surface area contributed by atoms with E-state index in [-0.39, 0.29) is 28.4 Å². The van der Waals surface area contributed by atoms with Crippen molar-refractivity contribution in [1.82, 2.24) is 5.43 Å². The summed E-state index contributed by atoms with van der Waals surface area (Å²) in [6, 6.07) is 32.7. The summed E-state index contributed by atoms with van der Waals surface area (Å²) in [7, 11) is -4.04. The van der Waals surface area contributed by atoms with Crippen molar-refractivity contribution in [3.8, 4) is 11.3 Å². The number of nitrogens with zero attached hydrogens (tertiary/aromatic N) is 3. The summed E-state index contributed by atoms with van der Waals surface area (Å²) in [5.41, 5.74) is 4.08. The lowest BCUT2D eigenvalue weighted by atomic mass is 10.1. The van der Waals surface area contributed by atoms with Gasteiger partial charge in [0, 0.05) is 17.7 Å². The quantitative estimate of drug-likeness (QED) is 0.122. The van der Waals surface area contributed by atoms with Gasteiger partial charge in [-0.25, -0.2) is 13.8 Å². The summed E-state index contributed by atoms with van der Waals surface area (Å²) in [4.78, 5) is 23.7. The molecule has 0 spiro atoms. The molecule has 0 saturated heterocycles. The smallest absolute Gasteiger partial charge is 0.273 e. The highest BCUT2D eigenvalue weighted by molar-refractivity contribution is 7.92. The minimum atomic E-state index is -4.04. The molecule has 0 aliphatic rings. The van der Waals surface area contributed by atoms with Crippen molar-refractivity contribution < 1.29 is 22.6 Å². The number of furan rings is 1. The molecule has 0 fully saturated rings. The Morgan fingerprint density at radius 1 is 0.857 bits per heavy atom. The van der Waals surface area contributed by atoms with E-state index in [4.69, 9.17) is 4.42 Å². The third kappa shape index (κ3) is 6.26. The lowest BCUT2D eigenvalue weighted by Crippen LogP contribution is -2.33. The van der Waals surface area contributed by atoms with E-state index >= 15 is 0 Å². The largest absolute Gasteiger partial charge is 0.455 e. The highest BCUT2D eigenvalue weighted by Crippen LogP contribution is 2.29. The van der Waals surface area contributed by atoms with Crippen LogP contribution in [0.3, 0.4) is 0 Å². The summed E-state index contributed by atoms with van der Waals surface area (Å²) in [6.07, 6.45) is 1.30. The Morgan fingerprint density at radius 2 is 1.50 bits per heavy atom. The van der Waals surface area contributed by atoms with E-state index in [0.717, 1.165) is 5.56 Å². The van der Waals surface area contributed by atoms with Crippen LogP contribution in [0.5, 0.6) is 0 Å². The predicted octanol–water partition coefficient (Wildman–Crippen LogP) is 6.01. The van der Waals surface area contributed by atoms with Crippen molar-refractivity contribution in [1.29, 1.82) is 0 Å². The molecule has 0 radical (unpaired) electrons. The van der Waals surface area contributed by atoms with Gasteiger partial charge in [-0.15, -0.1) is 0 Å². The second kappa shape index (κ2) is 12.3. The van der Waals surface area contributed by atoms with Gasteiger partial charge in [-0.2, -0.15) is 5.10 Å². The molecule has 1 N–H and O–H groups in total. The highest BCUT2D eigenvalue weighted by atomic mass is 32.2. The molecule has 0 unspecified atom stereocenters. The molecule has 1 amide bonds. The Hall–Kier alpha value is -5.55. The molecule has 0 saturated carbocycles. The SMILES string of the molecule is O=C(N/N=C\c1ccc(-c2ccc([N+](=O)[O-])cc2)o1)c1ccccc1N(Cc1ccccc1)S(=O)(=O)c1ccccc1. The maximum Gasteiger partial charge on any atom is 0.273 e. The molecular weight excluding hydrogens is 556 g/mol. The first-order chi connectivity index (χ1) is 20.3. The fraction of sp³-hybridized carbons (Fsp3) is 0.0323. The van der Waals surface area contributed by atoms with E-state index in [1.807, 2.05) is 30.3 Å². The number of carbonyl (C=O) groups excluding carboxylic acids is 1. The number of hydrogen-bond donors (Lipinski definition) is 1. The predicted molar refractivity (Wildman–Crippen MR) is 159 cm³/mol. The van der Waals surface area contributed by atoms with Gasteiger partial charge < -0.3 is 4.42 Å². The van der Waals surface area contributed by atoms with Crippen LogP contribution in [0.25, 0.3) is 11.3 Å². The molecule has 4 aromatic carbocycles. The first kappa shape index (κ1) is 28.0. The van der Waals surface area contributed by atoms with E-state index in [1.165, 1.54) is 40.9 Å². The van der Waals surface area contributed by atoms with Gasteiger partial charge in [0.05, 0.1) is 33.8 Å². The van der Waals surface area contributed by atoms with Crippen LogP contribution in [0.2, 0.25) is 0 Å². The van der Waals surface area contributed by atoms with E-state index < -0.39 is 20.9 Å². The molecule has 0 atom stereocenters. The van der Waals surface area contributed by atoms with E-state index in [2.05, 4.69) is 10.5 Å². The van der Waals surface area contributed by atoms with Crippen LogP contribution >= 0.6 is 0 Å². The van der Waals surface area contributed by atoms with Crippen LogP contribution in [0.1, 0.15) is 21.7 Å². The van der Waals surface area contributed by atoms with Gasteiger partial charge in [0.1, 0.15) is 11.5 Å². The average Bonchev–Trinajstić information content (AvgIpc) is 3.50. The van der Waals surface area contributed by atoms with Gasteiger partial charge in [0.15, 0.2) is 0 Å². The summed E-state index contributed by atoms with van der Waals surface area (Å²) in [6.45, 7) is 0.00342. The lowest BCUT2D eigenvalue weighted by Gasteiger charge is -2.26. The van der Waals surface area contributed by atoms with Crippen LogP contribution in [-0.2, 0) is 16.6 Å². The zero-order valence-corrected chi connectivity index (χ0v) is 22.8. The van der Waals surface area contributed by atoms with Gasteiger partial charge in [-0.1, -0.05) is 60.7 Å². The molecule has 11 heteroatoms. The molecule has 0 aliphatic carbocycles. The number of benzene rings is 4. The number of non-ortho nitro benzene ring substituents is 1. The van der Waals surface area contributed by atoms with Gasteiger partial charge in [-0.05, 0) is 54.1 Å². The fourth-order valence-electron chi connectivity index (χ4n) is 4.19. The van der Waals surface area contributed by atoms with E-state index in [0.29, 0.717) is 17.1 Å². The minimum absolute atomic E-state index is 0.00342. The van der Waals surface area contributed by atoms with Crippen molar-refractivity contribution in [2.75, 3.05) is 4.31 Å². The molecule has 0 aliphatic heterocycles. The average molecular weight is 581 g/mol. The first-order valence-corrected chi connectivity index (χ1v) is 14.2. The summed E-state index contributed by atoms with van der Waals surface area (Å²) >= 11 is 0. The number of rotatable bonds is 10. The number of nitro benzene ring substituents is 1. The number of hydrogen-bond acceptors (Lipinski definition) is 7. The van der Waals surface area contributed by atoms with Crippen LogP contribution < -0.4 is 9.73 Å². The van der Waals surface area contributed by atoms with Crippen LogP contribution in [0, 0.1) is 10.1 Å². The molecule has 5 rings (SSSR count). The number of nitro groups is 1. The van der Waals surface area contributed by atoms with Crippen molar-refractivity contribution in [3.05, 3.63) is 148 Å². The minimum Gasteiger partial charge on any atom is -0.455 e. The zero-order valence-electron chi connectivity index (χ0n) is 22.0. The van der Waals surface area contributed by atoms with Gasteiger partial charge in [0.2, 0.25) is 0 Å². The van der Waals surface area contributed by atoms with Crippen molar-refractivity contribution in [2.24, 2.45) is 5.10 Å². The Morgan fingerprint density at radius 3 is 2.19 bits per heavy atom. The summed E-state index contributed by atoms with van der Waals surface area (Å²) in [5.74, 6) is 0.172. The standard InChI is InChI=1S/C31H24N4O6S/c36-31(33-32-21-26-19-20-30(41-26)24-15-17-25(18-16-24)35(37)38)28-13-7-8-14-29(28)34(22-23-9-3-1-4-10-23)42(39,40)27-11-5-2-6-12-27/h1-21H,22H2,(H,33,36)/b32-21-. The number of para-hydroxylation sites is 1. The Balaban J connectivity index is 1.38. The van der Waals surface area contributed by atoms with E-state index in [9.17, 15) is 23.3 Å². The number of sulfonamides is 1. The number of anilines is 1. The van der Waals surface area contributed by atoms with Gasteiger partial charge in [0.25, 0.3) is 21.6 Å². The summed E-state index contributed by atoms with van der Waals surface area (Å²) in [5, 5.41) is 14.9. The van der Waals surface area contributed by atoms with E-state index in [1.54, 1.807) is 60.7 Å². The second-order valence-electron chi connectivity index (χ2n) is 9.03. The Labute approximate surface area is 241 Å². The molecule has 10 nitrogen and oxygen atoms in total. The number of carbonyl (C=O) groups is 1. The lowest BCUT2D eigenvalue weighted by molar-refractivity contribution is -0.384. The third-order valence-corrected chi connectivity index (χ3v) is 8.04. The molecule has 1 aromatic heterocycles. The first-order valence-electron chi connectivity index (χ1n) is 12.7. The second-order valence-corrected chi connectivity index (χ2v) is 10.9. The Bertz CT molecular complexity index is 1840. The molecule has 210 valence electrons. The Kier molecular flexibility index (Phi) is 8.21. The molecular formula is C31H24N4O6S. The fourth-order valence-corrected chi connectivity index (χ4v) is 5.68. The third-order valence-electron chi connectivity index (χ3n) is 6.26. The highest BCUT2D eigenvalue weighted by Gasteiger charge is 2.28. The molecule has 42 heavy (non-hydrogen) atoms. The van der Waals surface area contributed by atoms with Crippen molar-refractivity contribution >= 4 is 33.5 Å². The maximum absolute atomic E-state index is 13.8. The summed E-state index contributed by atoms with van der Waals surface area (Å²) < 4.78 is 34.5. The van der Waals surface area contributed by atoms with Gasteiger partial charge >= 0.3 is 0 Å². The van der Waals surface area contributed by atoms with Crippen LogP contribution in [-0.4, -0.2) is 25.5 Å². The van der Waals surface area contributed by atoms with Crippen molar-refractivity contribution in [3.63, 3.8) is 0 Å². The van der Waals surface area contributed by atoms with Crippen LogP contribution in [0.15, 0.2) is 136 Å². The maximum atomic E-state index is 13.8. The monoisotopic (exact) mass is 580 g/mol. The van der Waals surface area contributed by atoms with Crippen molar-refractivity contribution in [2.45, 2.75) is 11.4 Å². The van der Waals surface area contributed by atoms with Crippen LogP contribution in [0.4, 0.5) is 11.4 Å². The van der Waals surface area contributed by atoms with Gasteiger partial charge in [-0.3, -0.25) is 19.2 Å². The molecule has 5 aromatic rings. The number of amides is 1. The number of nitrogens with one attached hydrogen (secondary N) is 1.